The predicted octanol–water partition coefficient (Wildman–Crippen LogP) is 0.321. The number of nitrogens with zero attached hydrogens (tertiary/aromatic N) is 3. The molecule has 0 radical (unpaired) electrons. The lowest BCUT2D eigenvalue weighted by atomic mass is 9.97. The minimum atomic E-state index is -1.44. The number of rotatable bonds is 5. The van der Waals surface area contributed by atoms with Crippen LogP contribution < -0.4 is 0 Å². The van der Waals surface area contributed by atoms with Gasteiger partial charge < -0.3 is 24.8 Å². The van der Waals surface area contributed by atoms with Crippen LogP contribution in [0.3, 0.4) is 0 Å². The van der Waals surface area contributed by atoms with Crippen molar-refractivity contribution < 1.29 is 24.8 Å². The van der Waals surface area contributed by atoms with Gasteiger partial charge in [-0.15, -0.1) is 0 Å². The number of aliphatic hydroxyl groups is 3. The Bertz CT molecular complexity index is 494. The lowest BCUT2D eigenvalue weighted by Crippen LogP contribution is -2.58. The van der Waals surface area contributed by atoms with Crippen molar-refractivity contribution in [2.75, 3.05) is 6.61 Å². The van der Waals surface area contributed by atoms with Crippen molar-refractivity contribution >= 4 is 0 Å². The van der Waals surface area contributed by atoms with E-state index in [1.54, 1.807) is 0 Å². The van der Waals surface area contributed by atoms with E-state index in [1.807, 2.05) is 30.3 Å². The summed E-state index contributed by atoms with van der Waals surface area (Å²) in [4.78, 5) is 2.63. The molecule has 8 heteroatoms. The molecule has 1 saturated heterocycles. The normalized spacial score (nSPS) is 32.4. The zero-order chi connectivity index (χ0) is 15.2. The fourth-order valence-electron chi connectivity index (χ4n) is 2.21. The molecule has 1 aromatic carbocycles. The SMILES string of the molecule is [N-]=[N+]=N[C@@H]1[C@@H](OCc2ccccc2)[C@H](O)[C@@H](CO)O[C@H]1O. The summed E-state index contributed by atoms with van der Waals surface area (Å²) in [7, 11) is 0. The molecule has 0 bridgehead atoms. The lowest BCUT2D eigenvalue weighted by Gasteiger charge is -2.40. The first-order chi connectivity index (χ1) is 10.2. The van der Waals surface area contributed by atoms with Gasteiger partial charge in [-0.05, 0) is 11.1 Å². The Kier molecular flexibility index (Phi) is 5.51. The van der Waals surface area contributed by atoms with E-state index < -0.39 is 37.3 Å². The zero-order valence-electron chi connectivity index (χ0n) is 11.2. The molecule has 8 nitrogen and oxygen atoms in total. The van der Waals surface area contributed by atoms with Crippen LogP contribution in [0.4, 0.5) is 0 Å². The van der Waals surface area contributed by atoms with E-state index in [9.17, 15) is 10.2 Å². The second kappa shape index (κ2) is 7.37. The minimum absolute atomic E-state index is 0.172. The molecule has 1 aliphatic heterocycles. The van der Waals surface area contributed by atoms with E-state index in [0.717, 1.165) is 5.56 Å². The van der Waals surface area contributed by atoms with Gasteiger partial charge in [0, 0.05) is 4.91 Å². The fourth-order valence-corrected chi connectivity index (χ4v) is 2.21. The highest BCUT2D eigenvalue weighted by Gasteiger charge is 2.44. The van der Waals surface area contributed by atoms with Gasteiger partial charge in [-0.3, -0.25) is 0 Å². The maximum absolute atomic E-state index is 10.1. The van der Waals surface area contributed by atoms with Gasteiger partial charge >= 0.3 is 0 Å². The van der Waals surface area contributed by atoms with E-state index in [4.69, 9.17) is 20.1 Å². The number of hydrogen-bond donors (Lipinski definition) is 3. The molecule has 0 unspecified atom stereocenters. The van der Waals surface area contributed by atoms with Crippen molar-refractivity contribution in [3.05, 3.63) is 46.3 Å². The van der Waals surface area contributed by atoms with Crippen LogP contribution in [0.5, 0.6) is 0 Å². The number of benzene rings is 1. The zero-order valence-corrected chi connectivity index (χ0v) is 11.2. The molecule has 0 amide bonds. The Balaban J connectivity index is 2.11. The first kappa shape index (κ1) is 15.7. The van der Waals surface area contributed by atoms with Gasteiger partial charge in [-0.2, -0.15) is 0 Å². The summed E-state index contributed by atoms with van der Waals surface area (Å²) in [5.74, 6) is 0. The Morgan fingerprint density at radius 3 is 2.62 bits per heavy atom. The average Bonchev–Trinajstić information content (AvgIpc) is 2.51. The minimum Gasteiger partial charge on any atom is -0.394 e. The highest BCUT2D eigenvalue weighted by Crippen LogP contribution is 2.25. The van der Waals surface area contributed by atoms with Crippen LogP contribution in [0, 0.1) is 0 Å². The van der Waals surface area contributed by atoms with Crippen molar-refractivity contribution in [2.24, 2.45) is 5.11 Å². The second-order valence-electron chi connectivity index (χ2n) is 4.69. The standard InChI is InChI=1S/C13H17N3O5/c14-16-15-10-12(11(18)9(6-17)21-13(10)19)20-7-8-4-2-1-3-5-8/h1-5,9-13,17-19H,6-7H2/t9-,10-,11-,12-,13-/m1/s1. The van der Waals surface area contributed by atoms with Crippen LogP contribution in [0.2, 0.25) is 0 Å². The molecule has 0 aromatic heterocycles. The third-order valence-corrected chi connectivity index (χ3v) is 3.31. The van der Waals surface area contributed by atoms with E-state index in [1.165, 1.54) is 0 Å². The predicted molar refractivity (Wildman–Crippen MR) is 71.9 cm³/mol. The maximum Gasteiger partial charge on any atom is 0.166 e. The highest BCUT2D eigenvalue weighted by molar-refractivity contribution is 5.13. The second-order valence-corrected chi connectivity index (χ2v) is 4.69. The molecule has 21 heavy (non-hydrogen) atoms. The van der Waals surface area contributed by atoms with Gasteiger partial charge in [0.2, 0.25) is 0 Å². The van der Waals surface area contributed by atoms with Gasteiger partial charge in [-0.25, -0.2) is 0 Å². The number of aliphatic hydroxyl groups excluding tert-OH is 3. The molecule has 1 heterocycles. The van der Waals surface area contributed by atoms with Crippen molar-refractivity contribution in [1.29, 1.82) is 0 Å². The summed E-state index contributed by atoms with van der Waals surface area (Å²) >= 11 is 0. The van der Waals surface area contributed by atoms with Gasteiger partial charge in [0.15, 0.2) is 6.29 Å². The molecule has 2 rings (SSSR count). The third kappa shape index (κ3) is 3.70. The molecule has 1 fully saturated rings. The smallest absolute Gasteiger partial charge is 0.166 e. The molecule has 0 saturated carbocycles. The Morgan fingerprint density at radius 2 is 2.00 bits per heavy atom. The summed E-state index contributed by atoms with van der Waals surface area (Å²) in [6.45, 7) is -0.308. The van der Waals surface area contributed by atoms with Crippen LogP contribution in [0.25, 0.3) is 10.4 Å². The first-order valence-electron chi connectivity index (χ1n) is 6.49. The Labute approximate surface area is 121 Å². The molecule has 0 aliphatic carbocycles. The van der Waals surface area contributed by atoms with Crippen molar-refractivity contribution in [3.8, 4) is 0 Å². The number of azide groups is 1. The van der Waals surface area contributed by atoms with Gasteiger partial charge in [0.1, 0.15) is 18.2 Å². The molecule has 3 N–H and O–H groups in total. The summed E-state index contributed by atoms with van der Waals surface area (Å²) in [5.41, 5.74) is 9.42. The number of ether oxygens (including phenoxy) is 2. The first-order valence-corrected chi connectivity index (χ1v) is 6.49. The lowest BCUT2D eigenvalue weighted by molar-refractivity contribution is -0.258. The fraction of sp³-hybridized carbons (Fsp3) is 0.538. The van der Waals surface area contributed by atoms with Crippen LogP contribution >= 0.6 is 0 Å². The van der Waals surface area contributed by atoms with Crippen molar-refractivity contribution in [3.63, 3.8) is 0 Å². The van der Waals surface area contributed by atoms with Crippen molar-refractivity contribution in [2.45, 2.75) is 37.3 Å². The van der Waals surface area contributed by atoms with E-state index in [2.05, 4.69) is 10.0 Å². The quantitative estimate of drug-likeness (QED) is 0.409. The van der Waals surface area contributed by atoms with E-state index in [-0.39, 0.29) is 6.61 Å². The van der Waals surface area contributed by atoms with Crippen molar-refractivity contribution in [1.82, 2.24) is 0 Å². The topological polar surface area (TPSA) is 128 Å². The van der Waals surface area contributed by atoms with Crippen LogP contribution in [0.15, 0.2) is 35.4 Å². The maximum atomic E-state index is 10.1. The van der Waals surface area contributed by atoms with Gasteiger partial charge in [0.25, 0.3) is 0 Å². The largest absolute Gasteiger partial charge is 0.394 e. The molecular formula is C13H17N3O5. The highest BCUT2D eigenvalue weighted by atomic mass is 16.6. The van der Waals surface area contributed by atoms with E-state index >= 15 is 0 Å². The molecular weight excluding hydrogens is 278 g/mol. The summed E-state index contributed by atoms with van der Waals surface area (Å²) in [5, 5.41) is 32.5. The average molecular weight is 295 g/mol. The summed E-state index contributed by atoms with van der Waals surface area (Å²) < 4.78 is 10.6. The Morgan fingerprint density at radius 1 is 1.29 bits per heavy atom. The summed E-state index contributed by atoms with van der Waals surface area (Å²) in [6.07, 6.45) is -4.62. The van der Waals surface area contributed by atoms with Crippen LogP contribution in [-0.2, 0) is 16.1 Å². The van der Waals surface area contributed by atoms with Gasteiger partial charge in [-0.1, -0.05) is 35.4 Å². The van der Waals surface area contributed by atoms with Crippen LogP contribution in [0.1, 0.15) is 5.56 Å². The van der Waals surface area contributed by atoms with Crippen LogP contribution in [-0.4, -0.2) is 52.6 Å². The van der Waals surface area contributed by atoms with E-state index in [0.29, 0.717) is 0 Å². The number of hydrogen-bond acceptors (Lipinski definition) is 6. The molecule has 1 aliphatic rings. The molecule has 5 atom stereocenters. The molecule has 1 aromatic rings. The van der Waals surface area contributed by atoms with Gasteiger partial charge in [0.05, 0.1) is 19.3 Å². The third-order valence-electron chi connectivity index (χ3n) is 3.31. The Hall–Kier alpha value is -1.67. The summed E-state index contributed by atoms with van der Waals surface area (Å²) in [6, 6.07) is 8.14. The molecule has 114 valence electrons. The molecule has 0 spiro atoms. The monoisotopic (exact) mass is 295 g/mol.